The Morgan fingerprint density at radius 2 is 1.63 bits per heavy atom. The highest BCUT2D eigenvalue weighted by molar-refractivity contribution is 7.98. The number of benzene rings is 2. The van der Waals surface area contributed by atoms with Gasteiger partial charge in [0.25, 0.3) is 0 Å². The Morgan fingerprint density at radius 3 is 2.24 bits per heavy atom. The number of hydrogen-bond donors (Lipinski definition) is 1. The minimum absolute atomic E-state index is 0.0683. The average Bonchev–Trinajstić information content (AvgIpc) is 3.26. The zero-order valence-corrected chi connectivity index (χ0v) is 23.6. The van der Waals surface area contributed by atoms with Crippen molar-refractivity contribution < 1.29 is 14.3 Å². The van der Waals surface area contributed by atoms with Crippen molar-refractivity contribution >= 4 is 23.6 Å². The Labute approximate surface area is 232 Å². The van der Waals surface area contributed by atoms with E-state index in [1.807, 2.05) is 0 Å². The summed E-state index contributed by atoms with van der Waals surface area (Å²) in [6, 6.07) is 19.4. The molecule has 6 nitrogen and oxygen atoms in total. The summed E-state index contributed by atoms with van der Waals surface area (Å²) in [5, 5.41) is 0. The molecule has 2 aromatic carbocycles. The number of aryl methyl sites for hydroxylation is 1. The number of primary amides is 1. The molecule has 0 saturated carbocycles. The van der Waals surface area contributed by atoms with Crippen molar-refractivity contribution in [2.75, 3.05) is 45.6 Å². The van der Waals surface area contributed by atoms with Crippen LogP contribution in [0.4, 0.5) is 0 Å². The highest BCUT2D eigenvalue weighted by Crippen LogP contribution is 2.42. The van der Waals surface area contributed by atoms with Gasteiger partial charge in [0.2, 0.25) is 11.8 Å². The van der Waals surface area contributed by atoms with Crippen LogP contribution in [0.3, 0.4) is 0 Å². The molecule has 0 radical (unpaired) electrons. The van der Waals surface area contributed by atoms with Crippen molar-refractivity contribution in [3.8, 4) is 0 Å². The summed E-state index contributed by atoms with van der Waals surface area (Å²) in [5.74, 6) is 0.285. The SMILES string of the molecule is CSc1ccc(CN2CCC3(CCN(CCCc4ccccc4)CC3)C2=O)cc1.NC(=O)C1CCOCC1. The van der Waals surface area contributed by atoms with Crippen LogP contribution in [0.1, 0.15) is 49.7 Å². The third-order valence-electron chi connectivity index (χ3n) is 8.35. The van der Waals surface area contributed by atoms with Gasteiger partial charge in [-0.2, -0.15) is 0 Å². The molecule has 2 amide bonds. The monoisotopic (exact) mass is 537 g/mol. The molecule has 0 aliphatic carbocycles. The lowest BCUT2D eigenvalue weighted by molar-refractivity contribution is -0.138. The van der Waals surface area contributed by atoms with Crippen LogP contribution in [-0.2, 0) is 27.3 Å². The molecule has 3 fully saturated rings. The van der Waals surface area contributed by atoms with Crippen LogP contribution >= 0.6 is 11.8 Å². The summed E-state index contributed by atoms with van der Waals surface area (Å²) < 4.78 is 5.04. The highest BCUT2D eigenvalue weighted by atomic mass is 32.2. The molecule has 3 aliphatic heterocycles. The third-order valence-corrected chi connectivity index (χ3v) is 9.10. The molecule has 0 aromatic heterocycles. The Bertz CT molecular complexity index is 1020. The van der Waals surface area contributed by atoms with E-state index in [0.717, 1.165) is 71.2 Å². The first-order valence-corrected chi connectivity index (χ1v) is 15.3. The van der Waals surface area contributed by atoms with E-state index in [-0.39, 0.29) is 17.2 Å². The van der Waals surface area contributed by atoms with Gasteiger partial charge in [0.05, 0.1) is 5.41 Å². The quantitative estimate of drug-likeness (QED) is 0.492. The maximum atomic E-state index is 13.2. The largest absolute Gasteiger partial charge is 0.381 e. The fraction of sp³-hybridized carbons (Fsp3) is 0.548. The summed E-state index contributed by atoms with van der Waals surface area (Å²) in [6.07, 6.45) is 9.12. The first-order valence-electron chi connectivity index (χ1n) is 14.0. The number of piperidine rings is 1. The van der Waals surface area contributed by atoms with Crippen LogP contribution < -0.4 is 5.73 Å². The lowest BCUT2D eigenvalue weighted by Gasteiger charge is -2.38. The number of ether oxygens (including phenoxy) is 1. The summed E-state index contributed by atoms with van der Waals surface area (Å²) in [4.78, 5) is 29.7. The average molecular weight is 538 g/mol. The van der Waals surface area contributed by atoms with Gasteiger partial charge >= 0.3 is 0 Å². The maximum Gasteiger partial charge on any atom is 0.229 e. The summed E-state index contributed by atoms with van der Waals surface area (Å²) in [6.45, 7) is 6.33. The lowest BCUT2D eigenvalue weighted by Crippen LogP contribution is -2.44. The molecule has 2 aromatic rings. The fourth-order valence-corrected chi connectivity index (χ4v) is 6.21. The Kier molecular flexibility index (Phi) is 10.7. The van der Waals surface area contributed by atoms with E-state index in [2.05, 4.69) is 70.7 Å². The summed E-state index contributed by atoms with van der Waals surface area (Å²) in [7, 11) is 0. The third kappa shape index (κ3) is 7.84. The molecule has 3 heterocycles. The Morgan fingerprint density at radius 1 is 0.974 bits per heavy atom. The van der Waals surface area contributed by atoms with Crippen molar-refractivity contribution in [2.24, 2.45) is 17.1 Å². The molecule has 1 spiro atoms. The second kappa shape index (κ2) is 14.2. The minimum atomic E-state index is -0.182. The number of nitrogens with zero attached hydrogens (tertiary/aromatic N) is 2. The van der Waals surface area contributed by atoms with E-state index in [0.29, 0.717) is 19.1 Å². The summed E-state index contributed by atoms with van der Waals surface area (Å²) in [5.41, 5.74) is 7.65. The fourth-order valence-electron chi connectivity index (χ4n) is 5.80. The van der Waals surface area contributed by atoms with Crippen molar-refractivity contribution in [3.63, 3.8) is 0 Å². The highest BCUT2D eigenvalue weighted by Gasteiger charge is 2.47. The van der Waals surface area contributed by atoms with E-state index in [4.69, 9.17) is 10.5 Å². The number of carbonyl (C=O) groups excluding carboxylic acids is 2. The Hall–Kier alpha value is -2.35. The van der Waals surface area contributed by atoms with Gasteiger partial charge in [0.15, 0.2) is 0 Å². The molecule has 206 valence electrons. The van der Waals surface area contributed by atoms with Crippen molar-refractivity contribution in [2.45, 2.75) is 56.4 Å². The number of carbonyl (C=O) groups is 2. The van der Waals surface area contributed by atoms with Gasteiger partial charge in [-0.15, -0.1) is 11.8 Å². The van der Waals surface area contributed by atoms with Gasteiger partial charge in [-0.1, -0.05) is 42.5 Å². The molecule has 0 bridgehead atoms. The van der Waals surface area contributed by atoms with Gasteiger partial charge in [-0.05, 0) is 94.1 Å². The molecule has 7 heteroatoms. The van der Waals surface area contributed by atoms with E-state index < -0.39 is 0 Å². The standard InChI is InChI=1S/C25H32N2OS.C6H11NO2/c1-29-23-11-9-22(10-12-23)20-27-19-15-25(24(27)28)13-17-26(18-14-25)16-5-8-21-6-3-2-4-7-21;7-6(8)5-1-3-9-4-2-5/h2-4,6-7,9-12H,5,8,13-20H2,1H3;5H,1-4H2,(H2,7,8). The lowest BCUT2D eigenvalue weighted by atomic mass is 9.77. The number of hydrogen-bond acceptors (Lipinski definition) is 5. The summed E-state index contributed by atoms with van der Waals surface area (Å²) >= 11 is 1.76. The van der Waals surface area contributed by atoms with Crippen LogP contribution in [0, 0.1) is 11.3 Å². The number of likely N-dealkylation sites (tertiary alicyclic amines) is 2. The van der Waals surface area contributed by atoms with Crippen molar-refractivity contribution in [3.05, 3.63) is 65.7 Å². The van der Waals surface area contributed by atoms with Crippen molar-refractivity contribution in [1.29, 1.82) is 0 Å². The smallest absolute Gasteiger partial charge is 0.229 e. The first kappa shape index (κ1) is 28.7. The molecule has 3 saturated heterocycles. The number of rotatable bonds is 8. The minimum Gasteiger partial charge on any atom is -0.381 e. The van der Waals surface area contributed by atoms with E-state index in [9.17, 15) is 9.59 Å². The van der Waals surface area contributed by atoms with Gasteiger partial charge < -0.3 is 20.3 Å². The van der Waals surface area contributed by atoms with Crippen LogP contribution in [0.5, 0.6) is 0 Å². The molecule has 2 N–H and O–H groups in total. The van der Waals surface area contributed by atoms with E-state index in [1.165, 1.54) is 22.4 Å². The second-order valence-electron chi connectivity index (χ2n) is 10.8. The predicted molar refractivity (Wildman–Crippen MR) is 154 cm³/mol. The molecule has 0 unspecified atom stereocenters. The maximum absolute atomic E-state index is 13.2. The molecule has 38 heavy (non-hydrogen) atoms. The van der Waals surface area contributed by atoms with E-state index in [1.54, 1.807) is 11.8 Å². The topological polar surface area (TPSA) is 75.9 Å². The number of amides is 2. The van der Waals surface area contributed by atoms with Gasteiger partial charge in [-0.3, -0.25) is 9.59 Å². The molecule has 0 atom stereocenters. The van der Waals surface area contributed by atoms with Crippen LogP contribution in [-0.4, -0.2) is 67.3 Å². The molecule has 5 rings (SSSR count). The van der Waals surface area contributed by atoms with Gasteiger partial charge in [-0.25, -0.2) is 0 Å². The number of thioether (sulfide) groups is 1. The Balaban J connectivity index is 0.000000317. The predicted octanol–water partition coefficient (Wildman–Crippen LogP) is 4.75. The first-order chi connectivity index (χ1) is 18.5. The van der Waals surface area contributed by atoms with Crippen LogP contribution in [0.25, 0.3) is 0 Å². The van der Waals surface area contributed by atoms with E-state index >= 15 is 0 Å². The van der Waals surface area contributed by atoms with Gasteiger partial charge in [0.1, 0.15) is 0 Å². The number of nitrogens with two attached hydrogens (primary N) is 1. The molecular weight excluding hydrogens is 494 g/mol. The van der Waals surface area contributed by atoms with Crippen LogP contribution in [0.2, 0.25) is 0 Å². The molecule has 3 aliphatic rings. The normalized spacial score (nSPS) is 19.8. The van der Waals surface area contributed by atoms with Crippen LogP contribution in [0.15, 0.2) is 59.5 Å². The van der Waals surface area contributed by atoms with Gasteiger partial charge in [0, 0.05) is 37.1 Å². The second-order valence-corrected chi connectivity index (χ2v) is 11.7. The molecular formula is C31H43N3O3S. The van der Waals surface area contributed by atoms with Crippen molar-refractivity contribution in [1.82, 2.24) is 9.80 Å². The zero-order valence-electron chi connectivity index (χ0n) is 22.8. The zero-order chi connectivity index (χ0) is 26.8.